The van der Waals surface area contributed by atoms with Crippen LogP contribution in [0.4, 0.5) is 23.1 Å². The van der Waals surface area contributed by atoms with Gasteiger partial charge >= 0.3 is 0 Å². The van der Waals surface area contributed by atoms with Gasteiger partial charge in [0.2, 0.25) is 0 Å². The first-order valence-electron chi connectivity index (χ1n) is 16.8. The van der Waals surface area contributed by atoms with Crippen molar-refractivity contribution in [2.45, 2.75) is 38.3 Å². The molecule has 13 nitrogen and oxygen atoms in total. The molecule has 3 fully saturated rings. The number of pyridine rings is 2. The summed E-state index contributed by atoms with van der Waals surface area (Å²) in [6.45, 7) is 11.1. The second kappa shape index (κ2) is 13.9. The van der Waals surface area contributed by atoms with E-state index in [1.807, 2.05) is 6.08 Å². The first kappa shape index (κ1) is 32.0. The lowest BCUT2D eigenvalue weighted by atomic mass is 10.0. The van der Waals surface area contributed by atoms with Crippen molar-refractivity contribution in [1.82, 2.24) is 29.3 Å². The summed E-state index contributed by atoms with van der Waals surface area (Å²) >= 11 is 0. The molecule has 4 aliphatic heterocycles. The monoisotopic (exact) mass is 653 g/mol. The number of aromatic nitrogens is 4. The predicted octanol–water partition coefficient (Wildman–Crippen LogP) is 2.66. The molecule has 48 heavy (non-hydrogen) atoms. The number of amides is 1. The molecule has 3 aromatic heterocycles. The molecule has 0 saturated carbocycles. The average molecular weight is 654 g/mol. The number of anilines is 4. The van der Waals surface area contributed by atoms with E-state index < -0.39 is 0 Å². The Labute approximate surface area is 280 Å². The van der Waals surface area contributed by atoms with E-state index in [0.717, 1.165) is 83.0 Å². The maximum atomic E-state index is 13.9. The van der Waals surface area contributed by atoms with Crippen LogP contribution in [0, 0.1) is 0 Å². The Kier molecular flexibility index (Phi) is 9.24. The van der Waals surface area contributed by atoms with Crippen molar-refractivity contribution in [2.75, 3.05) is 74.1 Å². The van der Waals surface area contributed by atoms with Gasteiger partial charge in [0.25, 0.3) is 11.5 Å². The standard InChI is InChI=1S/C35H43N9O4/c1-24-6-4-3-5-9-42-14-15-44(35(47)30(42)16-24)33-28(21-45)27(7-8-36-33)25-17-29(34(46)40(2)20-25)39-31-18-38-32(19-37-31)43-12-10-41(11-13-43)26-22-48-23-26/h7-8,16-20,26,45H,1,3-6,9-15,21-23H2,2H3,(H,37,39)/b30-16-. The number of hydrogen-bond acceptors (Lipinski definition) is 11. The van der Waals surface area contributed by atoms with Crippen molar-refractivity contribution in [2.24, 2.45) is 7.05 Å². The zero-order chi connectivity index (χ0) is 33.2. The van der Waals surface area contributed by atoms with Gasteiger partial charge in [-0.1, -0.05) is 18.6 Å². The molecule has 0 spiro atoms. The normalized spacial score (nSPS) is 20.7. The maximum absolute atomic E-state index is 13.9. The highest BCUT2D eigenvalue weighted by molar-refractivity contribution is 6.06. The molecule has 1 amide bonds. The molecule has 0 bridgehead atoms. The van der Waals surface area contributed by atoms with Gasteiger partial charge in [0.15, 0.2) is 0 Å². The molecule has 0 atom stereocenters. The summed E-state index contributed by atoms with van der Waals surface area (Å²) in [6, 6.07) is 4.07. The molecule has 0 aliphatic carbocycles. The molecule has 7 heterocycles. The third-order valence-electron chi connectivity index (χ3n) is 9.78. The number of piperazine rings is 2. The minimum Gasteiger partial charge on any atom is -0.392 e. The summed E-state index contributed by atoms with van der Waals surface area (Å²) in [4.78, 5) is 49.4. The number of fused-ring (bicyclic) bond motifs is 1. The van der Waals surface area contributed by atoms with E-state index in [1.54, 1.807) is 48.9 Å². The number of nitrogens with one attached hydrogen (secondary N) is 1. The van der Waals surface area contributed by atoms with Crippen LogP contribution < -0.4 is 20.7 Å². The molecule has 4 aliphatic rings. The van der Waals surface area contributed by atoms with Gasteiger partial charge in [0.1, 0.15) is 28.8 Å². The highest BCUT2D eigenvalue weighted by Gasteiger charge is 2.33. The number of nitrogens with zero attached hydrogens (tertiary/aromatic N) is 8. The fraction of sp³-hybridized carbons (Fsp3) is 0.457. The summed E-state index contributed by atoms with van der Waals surface area (Å²) < 4.78 is 6.83. The molecular formula is C35H43N9O4. The molecule has 3 aromatic rings. The number of ether oxygens (including phenoxy) is 1. The molecule has 7 rings (SSSR count). The first-order chi connectivity index (χ1) is 23.4. The smallest absolute Gasteiger partial charge is 0.275 e. The van der Waals surface area contributed by atoms with Gasteiger partial charge in [-0.3, -0.25) is 19.4 Å². The van der Waals surface area contributed by atoms with E-state index in [0.29, 0.717) is 58.8 Å². The number of carbonyl (C=O) groups is 1. The predicted molar refractivity (Wildman–Crippen MR) is 184 cm³/mol. The molecule has 3 saturated heterocycles. The van der Waals surface area contributed by atoms with Crippen LogP contribution in [-0.4, -0.2) is 105 Å². The second-order valence-corrected chi connectivity index (χ2v) is 12.9. The SMILES string of the molecule is C=C1/C=C2/C(=O)N(c3nccc(-c4cc(Nc5cnc(N6CCN(C7COC7)CC6)cn5)c(=O)n(C)c4)c3CO)CCN2CCCCC1. The molecule has 13 heteroatoms. The molecular weight excluding hydrogens is 610 g/mol. The van der Waals surface area contributed by atoms with E-state index in [9.17, 15) is 14.7 Å². The van der Waals surface area contributed by atoms with Gasteiger partial charge in [0.05, 0.1) is 38.3 Å². The zero-order valence-electron chi connectivity index (χ0n) is 27.5. The van der Waals surface area contributed by atoms with E-state index in [2.05, 4.69) is 41.5 Å². The summed E-state index contributed by atoms with van der Waals surface area (Å²) in [5, 5.41) is 13.8. The van der Waals surface area contributed by atoms with Gasteiger partial charge in [-0.25, -0.2) is 15.0 Å². The van der Waals surface area contributed by atoms with E-state index in [1.165, 1.54) is 4.57 Å². The topological polar surface area (TPSA) is 132 Å². The number of rotatable bonds is 7. The highest BCUT2D eigenvalue weighted by atomic mass is 16.5. The van der Waals surface area contributed by atoms with Crippen molar-refractivity contribution >= 4 is 29.0 Å². The quantitative estimate of drug-likeness (QED) is 0.390. The van der Waals surface area contributed by atoms with E-state index in [-0.39, 0.29) is 18.1 Å². The van der Waals surface area contributed by atoms with E-state index >= 15 is 0 Å². The summed E-state index contributed by atoms with van der Waals surface area (Å²) in [7, 11) is 1.68. The Balaban J connectivity index is 1.12. The summed E-state index contributed by atoms with van der Waals surface area (Å²) in [6.07, 6.45) is 12.7. The number of carbonyl (C=O) groups excluding carboxylic acids is 1. The Hall–Kier alpha value is -4.59. The third kappa shape index (κ3) is 6.45. The largest absolute Gasteiger partial charge is 0.392 e. The Morgan fingerprint density at radius 2 is 1.79 bits per heavy atom. The molecule has 0 aromatic carbocycles. The minimum absolute atomic E-state index is 0.150. The summed E-state index contributed by atoms with van der Waals surface area (Å²) in [5.41, 5.74) is 3.52. The van der Waals surface area contributed by atoms with Gasteiger partial charge in [0, 0.05) is 76.4 Å². The minimum atomic E-state index is -0.334. The lowest BCUT2D eigenvalue weighted by Crippen LogP contribution is -2.56. The average Bonchev–Trinajstić information content (AvgIpc) is 3.17. The van der Waals surface area contributed by atoms with Crippen molar-refractivity contribution in [3.8, 4) is 11.1 Å². The second-order valence-electron chi connectivity index (χ2n) is 12.9. The van der Waals surface area contributed by atoms with Crippen LogP contribution >= 0.6 is 0 Å². The van der Waals surface area contributed by atoms with E-state index in [4.69, 9.17) is 4.74 Å². The number of allylic oxidation sites excluding steroid dienone is 2. The third-order valence-corrected chi connectivity index (χ3v) is 9.78. The van der Waals surface area contributed by atoms with Crippen LogP contribution in [0.25, 0.3) is 11.1 Å². The molecule has 0 unspecified atom stereocenters. The number of hydrogen-bond donors (Lipinski definition) is 2. The Morgan fingerprint density at radius 1 is 0.979 bits per heavy atom. The number of aliphatic hydroxyl groups excluding tert-OH is 1. The Morgan fingerprint density at radius 3 is 2.52 bits per heavy atom. The van der Waals surface area contributed by atoms with Crippen molar-refractivity contribution in [3.63, 3.8) is 0 Å². The zero-order valence-corrected chi connectivity index (χ0v) is 27.5. The maximum Gasteiger partial charge on any atom is 0.275 e. The van der Waals surface area contributed by atoms with Crippen LogP contribution in [0.3, 0.4) is 0 Å². The first-order valence-corrected chi connectivity index (χ1v) is 16.8. The molecule has 2 N–H and O–H groups in total. The summed E-state index contributed by atoms with van der Waals surface area (Å²) in [5.74, 6) is 1.51. The van der Waals surface area contributed by atoms with Crippen molar-refractivity contribution in [3.05, 3.63) is 76.8 Å². The van der Waals surface area contributed by atoms with Gasteiger partial charge in [-0.15, -0.1) is 0 Å². The van der Waals surface area contributed by atoms with Crippen LogP contribution in [-0.2, 0) is 23.2 Å². The fourth-order valence-electron chi connectivity index (χ4n) is 6.93. The molecule has 0 radical (unpaired) electrons. The van der Waals surface area contributed by atoms with Crippen molar-refractivity contribution < 1.29 is 14.6 Å². The van der Waals surface area contributed by atoms with Crippen LogP contribution in [0.2, 0.25) is 0 Å². The fourth-order valence-corrected chi connectivity index (χ4v) is 6.93. The Bertz CT molecular complexity index is 1760. The van der Waals surface area contributed by atoms with Crippen molar-refractivity contribution in [1.29, 1.82) is 0 Å². The number of aryl methyl sites for hydroxylation is 1. The van der Waals surface area contributed by atoms with Gasteiger partial charge in [-0.2, -0.15) is 0 Å². The molecule has 252 valence electrons. The van der Waals surface area contributed by atoms with Crippen LogP contribution in [0.15, 0.2) is 65.6 Å². The van der Waals surface area contributed by atoms with Gasteiger partial charge in [-0.05, 0) is 43.0 Å². The lowest BCUT2D eigenvalue weighted by molar-refractivity contribution is -0.117. The van der Waals surface area contributed by atoms with Crippen LogP contribution in [0.5, 0.6) is 0 Å². The highest BCUT2D eigenvalue weighted by Crippen LogP contribution is 2.33. The lowest BCUT2D eigenvalue weighted by Gasteiger charge is -2.42. The van der Waals surface area contributed by atoms with Gasteiger partial charge < -0.3 is 29.5 Å². The van der Waals surface area contributed by atoms with Crippen LogP contribution in [0.1, 0.15) is 31.2 Å². The number of aliphatic hydroxyl groups is 1.